The van der Waals surface area contributed by atoms with Gasteiger partial charge >= 0.3 is 5.97 Å². The summed E-state index contributed by atoms with van der Waals surface area (Å²) in [6.07, 6.45) is -0.969. The van der Waals surface area contributed by atoms with E-state index in [4.69, 9.17) is 14.2 Å². The monoisotopic (exact) mass is 400 g/mol. The van der Waals surface area contributed by atoms with Crippen molar-refractivity contribution >= 4 is 29.2 Å². The van der Waals surface area contributed by atoms with Gasteiger partial charge in [-0.25, -0.2) is 0 Å². The molecule has 29 heavy (non-hydrogen) atoms. The van der Waals surface area contributed by atoms with Gasteiger partial charge in [0, 0.05) is 24.4 Å². The highest BCUT2D eigenvalue weighted by Gasteiger charge is 2.19. The van der Waals surface area contributed by atoms with Gasteiger partial charge in [0.1, 0.15) is 0 Å². The maximum absolute atomic E-state index is 12.3. The minimum absolute atomic E-state index is 0.00826. The van der Waals surface area contributed by atoms with E-state index in [1.807, 2.05) is 0 Å². The molecule has 0 aliphatic rings. The number of anilines is 2. The predicted molar refractivity (Wildman–Crippen MR) is 108 cm³/mol. The number of methoxy groups -OCH3 is 2. The van der Waals surface area contributed by atoms with Crippen LogP contribution in [0.4, 0.5) is 11.4 Å². The molecule has 0 aliphatic heterocycles. The van der Waals surface area contributed by atoms with Crippen LogP contribution in [0.25, 0.3) is 0 Å². The van der Waals surface area contributed by atoms with Crippen molar-refractivity contribution in [2.24, 2.45) is 0 Å². The summed E-state index contributed by atoms with van der Waals surface area (Å²) < 4.78 is 15.6. The van der Waals surface area contributed by atoms with E-state index in [-0.39, 0.29) is 12.3 Å². The first-order valence-corrected chi connectivity index (χ1v) is 8.91. The molecule has 0 saturated heterocycles. The fourth-order valence-electron chi connectivity index (χ4n) is 2.53. The molecule has 0 aliphatic carbocycles. The van der Waals surface area contributed by atoms with Crippen LogP contribution in [0.3, 0.4) is 0 Å². The van der Waals surface area contributed by atoms with E-state index in [1.165, 1.54) is 28.1 Å². The molecule has 0 aromatic heterocycles. The van der Waals surface area contributed by atoms with E-state index in [0.29, 0.717) is 28.4 Å². The Labute approximate surface area is 169 Å². The summed E-state index contributed by atoms with van der Waals surface area (Å²) in [4.78, 5) is 35.4. The van der Waals surface area contributed by atoms with Crippen molar-refractivity contribution in [1.82, 2.24) is 0 Å². The average Bonchev–Trinajstić information content (AvgIpc) is 2.68. The molecule has 154 valence electrons. The number of carbonyl (C=O) groups excluding carboxylic acids is 3. The Morgan fingerprint density at radius 3 is 2.10 bits per heavy atom. The zero-order valence-corrected chi connectivity index (χ0v) is 16.8. The number of rotatable bonds is 8. The van der Waals surface area contributed by atoms with E-state index in [1.54, 1.807) is 42.5 Å². The van der Waals surface area contributed by atoms with Crippen LogP contribution in [-0.2, 0) is 25.5 Å². The highest BCUT2D eigenvalue weighted by Crippen LogP contribution is 2.29. The quantitative estimate of drug-likeness (QED) is 0.661. The van der Waals surface area contributed by atoms with Crippen LogP contribution in [0.1, 0.15) is 19.4 Å². The van der Waals surface area contributed by atoms with Crippen molar-refractivity contribution in [3.8, 4) is 11.5 Å². The summed E-state index contributed by atoms with van der Waals surface area (Å²) in [6, 6.07) is 11.7. The molecule has 2 N–H and O–H groups in total. The Bertz CT molecular complexity index is 879. The molecule has 0 bridgehead atoms. The summed E-state index contributed by atoms with van der Waals surface area (Å²) >= 11 is 0. The van der Waals surface area contributed by atoms with Crippen LogP contribution in [0, 0.1) is 0 Å². The van der Waals surface area contributed by atoms with Gasteiger partial charge in [0.2, 0.25) is 5.91 Å². The molecular formula is C21H24N2O6. The first kappa shape index (κ1) is 21.7. The lowest BCUT2D eigenvalue weighted by atomic mass is 10.1. The third kappa shape index (κ3) is 6.53. The van der Waals surface area contributed by atoms with Gasteiger partial charge in [0.05, 0.1) is 20.6 Å². The molecule has 0 saturated carbocycles. The summed E-state index contributed by atoms with van der Waals surface area (Å²) in [5, 5.41) is 5.32. The maximum Gasteiger partial charge on any atom is 0.311 e. The molecule has 8 heteroatoms. The Morgan fingerprint density at radius 1 is 0.897 bits per heavy atom. The molecule has 2 amide bonds. The number of carbonyl (C=O) groups is 3. The van der Waals surface area contributed by atoms with Crippen LogP contribution >= 0.6 is 0 Å². The van der Waals surface area contributed by atoms with Crippen molar-refractivity contribution in [2.45, 2.75) is 26.4 Å². The lowest BCUT2D eigenvalue weighted by molar-refractivity contribution is -0.152. The zero-order chi connectivity index (χ0) is 21.4. The number of benzene rings is 2. The number of nitrogens with one attached hydrogen (secondary N) is 2. The summed E-state index contributed by atoms with van der Waals surface area (Å²) in [7, 11) is 3.02. The molecule has 0 spiro atoms. The Hall–Kier alpha value is -3.55. The van der Waals surface area contributed by atoms with E-state index in [2.05, 4.69) is 10.6 Å². The number of ether oxygens (including phenoxy) is 3. The second-order valence-corrected chi connectivity index (χ2v) is 6.25. The number of hydrogen-bond donors (Lipinski definition) is 2. The van der Waals surface area contributed by atoms with Crippen LogP contribution < -0.4 is 20.1 Å². The van der Waals surface area contributed by atoms with Gasteiger partial charge in [0.15, 0.2) is 17.6 Å². The maximum atomic E-state index is 12.3. The van der Waals surface area contributed by atoms with E-state index < -0.39 is 18.0 Å². The Balaban J connectivity index is 1.90. The molecular weight excluding hydrogens is 376 g/mol. The second-order valence-electron chi connectivity index (χ2n) is 6.25. The highest BCUT2D eigenvalue weighted by atomic mass is 16.5. The number of amides is 2. The molecule has 8 nitrogen and oxygen atoms in total. The van der Waals surface area contributed by atoms with Crippen LogP contribution in [0.15, 0.2) is 42.5 Å². The number of hydrogen-bond acceptors (Lipinski definition) is 6. The molecule has 0 heterocycles. The summed E-state index contributed by atoms with van der Waals surface area (Å²) in [5.74, 6) is -0.169. The van der Waals surface area contributed by atoms with Crippen LogP contribution in [0.5, 0.6) is 11.5 Å². The lowest BCUT2D eigenvalue weighted by Crippen LogP contribution is -2.30. The summed E-state index contributed by atoms with van der Waals surface area (Å²) in [6.45, 7) is 2.91. The summed E-state index contributed by atoms with van der Waals surface area (Å²) in [5.41, 5.74) is 1.83. The van der Waals surface area contributed by atoms with Crippen molar-refractivity contribution < 1.29 is 28.6 Å². The fraction of sp³-hybridized carbons (Fsp3) is 0.286. The molecule has 0 fully saturated rings. The van der Waals surface area contributed by atoms with E-state index >= 15 is 0 Å². The minimum atomic E-state index is -0.978. The SMILES string of the molecule is COc1ccc(NC(=O)[C@H](C)OC(=O)Cc2ccc(NC(C)=O)cc2)cc1OC. The van der Waals surface area contributed by atoms with Gasteiger partial charge in [-0.05, 0) is 36.8 Å². The zero-order valence-electron chi connectivity index (χ0n) is 16.8. The molecule has 1 atom stereocenters. The van der Waals surface area contributed by atoms with Gasteiger partial charge in [-0.15, -0.1) is 0 Å². The van der Waals surface area contributed by atoms with Crippen molar-refractivity contribution in [3.63, 3.8) is 0 Å². The lowest BCUT2D eigenvalue weighted by Gasteiger charge is -2.15. The van der Waals surface area contributed by atoms with Gasteiger partial charge < -0.3 is 24.8 Å². The normalized spacial score (nSPS) is 11.2. The first-order valence-electron chi connectivity index (χ1n) is 8.91. The standard InChI is InChI=1S/C21H24N2O6/c1-13(21(26)23-17-9-10-18(27-3)19(12-17)28-4)29-20(25)11-15-5-7-16(8-6-15)22-14(2)24/h5-10,12-13H,11H2,1-4H3,(H,22,24)(H,23,26)/t13-/m0/s1. The van der Waals surface area contributed by atoms with E-state index in [9.17, 15) is 14.4 Å². The van der Waals surface area contributed by atoms with Crippen molar-refractivity contribution in [1.29, 1.82) is 0 Å². The molecule has 0 radical (unpaired) electrons. The first-order chi connectivity index (χ1) is 13.8. The highest BCUT2D eigenvalue weighted by molar-refractivity contribution is 5.95. The van der Waals surface area contributed by atoms with Gasteiger partial charge in [0.25, 0.3) is 5.91 Å². The van der Waals surface area contributed by atoms with Crippen LogP contribution in [0.2, 0.25) is 0 Å². The van der Waals surface area contributed by atoms with Gasteiger partial charge in [-0.2, -0.15) is 0 Å². The molecule has 2 aromatic rings. The van der Waals surface area contributed by atoms with Gasteiger partial charge in [-0.3, -0.25) is 14.4 Å². The molecule has 2 rings (SSSR count). The third-order valence-corrected chi connectivity index (χ3v) is 3.95. The fourth-order valence-corrected chi connectivity index (χ4v) is 2.53. The second kappa shape index (κ2) is 10.1. The minimum Gasteiger partial charge on any atom is -0.493 e. The Kier molecular flexibility index (Phi) is 7.59. The van der Waals surface area contributed by atoms with Crippen molar-refractivity contribution in [3.05, 3.63) is 48.0 Å². The van der Waals surface area contributed by atoms with Gasteiger partial charge in [-0.1, -0.05) is 12.1 Å². The van der Waals surface area contributed by atoms with Crippen molar-refractivity contribution in [2.75, 3.05) is 24.9 Å². The van der Waals surface area contributed by atoms with E-state index in [0.717, 1.165) is 0 Å². The third-order valence-electron chi connectivity index (χ3n) is 3.95. The predicted octanol–water partition coefficient (Wildman–Crippen LogP) is 2.78. The number of esters is 1. The Morgan fingerprint density at radius 2 is 1.52 bits per heavy atom. The van der Waals surface area contributed by atoms with Crippen LogP contribution in [-0.4, -0.2) is 38.1 Å². The topological polar surface area (TPSA) is 103 Å². The smallest absolute Gasteiger partial charge is 0.311 e. The molecule has 0 unspecified atom stereocenters. The average molecular weight is 400 g/mol. The molecule has 2 aromatic carbocycles. The largest absolute Gasteiger partial charge is 0.493 e.